The molecule has 0 spiro atoms. The van der Waals surface area contributed by atoms with Gasteiger partial charge in [0.05, 0.1) is 16.8 Å². The third-order valence-corrected chi connectivity index (χ3v) is 8.67. The Morgan fingerprint density at radius 2 is 1.31 bits per heavy atom. The van der Waals surface area contributed by atoms with Crippen LogP contribution < -0.4 is 4.67 Å². The second kappa shape index (κ2) is 7.95. The summed E-state index contributed by atoms with van der Waals surface area (Å²) in [6.07, 6.45) is 4.29. The van der Waals surface area contributed by atoms with Crippen molar-refractivity contribution in [2.75, 3.05) is 4.67 Å². The van der Waals surface area contributed by atoms with Gasteiger partial charge in [0, 0.05) is 10.8 Å². The van der Waals surface area contributed by atoms with Crippen LogP contribution in [0.15, 0.2) is 105 Å². The van der Waals surface area contributed by atoms with Gasteiger partial charge in [-0.25, -0.2) is 0 Å². The molecule has 0 saturated carbocycles. The number of halogens is 1. The minimum absolute atomic E-state index is 0.0550. The number of hydrogen-bond acceptors (Lipinski definition) is 3. The topological polar surface area (TPSA) is 29.5 Å². The Balaban J connectivity index is 1.68. The van der Waals surface area contributed by atoms with Crippen LogP contribution in [0.25, 0.3) is 49.6 Å². The van der Waals surface area contributed by atoms with E-state index in [2.05, 4.69) is 103 Å². The Morgan fingerprint density at radius 1 is 0.714 bits per heavy atom. The van der Waals surface area contributed by atoms with E-state index >= 15 is 0 Å². The van der Waals surface area contributed by atoms with Gasteiger partial charge in [-0.05, 0) is 52.2 Å². The van der Waals surface area contributed by atoms with Gasteiger partial charge in [0.1, 0.15) is 11.2 Å². The number of nitrogens with zero attached hydrogens (tertiary/aromatic N) is 1. The Bertz CT molecular complexity index is 1760. The molecular weight excluding hydrogens is 473 g/mol. The molecular formula is C30H21ClNO2P. The molecule has 1 aliphatic rings. The van der Waals surface area contributed by atoms with Gasteiger partial charge >= 0.3 is 8.16 Å². The van der Waals surface area contributed by atoms with Crippen LogP contribution in [-0.2, 0) is 0 Å². The molecule has 1 aliphatic heterocycles. The fourth-order valence-electron chi connectivity index (χ4n) is 5.11. The molecule has 0 radical (unpaired) electrons. The molecule has 5 heteroatoms. The van der Waals surface area contributed by atoms with Crippen LogP contribution >= 0.6 is 19.8 Å². The van der Waals surface area contributed by atoms with Gasteiger partial charge in [-0.3, -0.25) is 4.67 Å². The number of hydrogen-bond donors (Lipinski definition) is 0. The average molecular weight is 494 g/mol. The van der Waals surface area contributed by atoms with E-state index in [9.17, 15) is 0 Å². The van der Waals surface area contributed by atoms with Crippen molar-refractivity contribution < 1.29 is 8.39 Å². The molecule has 0 fully saturated rings. The number of anilines is 1. The number of fused-ring (bicyclic) bond motifs is 8. The Morgan fingerprint density at radius 3 is 1.94 bits per heavy atom. The average Bonchev–Trinajstić information content (AvgIpc) is 3.06. The quantitative estimate of drug-likeness (QED) is 0.228. The summed E-state index contributed by atoms with van der Waals surface area (Å²) in [5.74, 6) is 0. The highest BCUT2D eigenvalue weighted by molar-refractivity contribution is 7.39. The van der Waals surface area contributed by atoms with Gasteiger partial charge in [0.15, 0.2) is 0 Å². The van der Waals surface area contributed by atoms with Crippen LogP contribution in [0.1, 0.15) is 12.5 Å². The molecule has 35 heavy (non-hydrogen) atoms. The van der Waals surface area contributed by atoms with E-state index in [1.165, 1.54) is 10.8 Å². The molecule has 0 unspecified atom stereocenters. The third kappa shape index (κ3) is 3.20. The Hall–Kier alpha value is -3.65. The summed E-state index contributed by atoms with van der Waals surface area (Å²) in [5, 5.41) is 7.46. The number of para-hydroxylation sites is 1. The molecule has 0 aliphatic carbocycles. The zero-order chi connectivity index (χ0) is 23.5. The second-order valence-electron chi connectivity index (χ2n) is 8.86. The van der Waals surface area contributed by atoms with E-state index in [4.69, 9.17) is 20.0 Å². The summed E-state index contributed by atoms with van der Waals surface area (Å²) in [6, 6.07) is 31.3. The van der Waals surface area contributed by atoms with E-state index in [0.29, 0.717) is 5.02 Å². The van der Waals surface area contributed by atoms with E-state index < -0.39 is 8.16 Å². The predicted molar refractivity (Wildman–Crippen MR) is 149 cm³/mol. The second-order valence-corrected chi connectivity index (χ2v) is 10.5. The first-order valence-electron chi connectivity index (χ1n) is 11.6. The Labute approximate surface area is 208 Å². The maximum Gasteiger partial charge on any atom is 0.342 e. The van der Waals surface area contributed by atoms with Crippen molar-refractivity contribution in [2.24, 2.45) is 0 Å². The normalized spacial score (nSPS) is 15.3. The highest BCUT2D eigenvalue weighted by Crippen LogP contribution is 2.49. The first-order valence-corrected chi connectivity index (χ1v) is 13.2. The summed E-state index contributed by atoms with van der Waals surface area (Å²) < 4.78 is 15.8. The number of benzene rings is 5. The lowest BCUT2D eigenvalue weighted by atomic mass is 9.99. The maximum absolute atomic E-state index is 6.79. The summed E-state index contributed by atoms with van der Waals surface area (Å²) in [6.45, 7) is 2.14. The summed E-state index contributed by atoms with van der Waals surface area (Å²) in [5.41, 5.74) is 3.65. The van der Waals surface area contributed by atoms with E-state index in [1.807, 2.05) is 12.1 Å². The van der Waals surface area contributed by atoms with E-state index in [0.717, 1.165) is 44.0 Å². The molecule has 0 saturated heterocycles. The predicted octanol–water partition coefficient (Wildman–Crippen LogP) is 9.93. The molecule has 0 N–H and O–H groups in total. The van der Waals surface area contributed by atoms with E-state index in [-0.39, 0.29) is 6.04 Å². The van der Waals surface area contributed by atoms with Crippen LogP contribution in [0.4, 0.5) is 5.69 Å². The molecule has 0 bridgehead atoms. The minimum atomic E-state index is -1.55. The van der Waals surface area contributed by atoms with Crippen molar-refractivity contribution in [3.8, 4) is 0 Å². The molecule has 7 rings (SSSR count). The van der Waals surface area contributed by atoms with Crippen molar-refractivity contribution in [1.82, 2.24) is 0 Å². The van der Waals surface area contributed by atoms with Gasteiger partial charge in [0.25, 0.3) is 0 Å². The monoisotopic (exact) mass is 493 g/mol. The van der Waals surface area contributed by atoms with Crippen molar-refractivity contribution in [3.63, 3.8) is 0 Å². The highest BCUT2D eigenvalue weighted by atomic mass is 35.5. The largest absolute Gasteiger partial charge is 0.404 e. The zero-order valence-corrected chi connectivity index (χ0v) is 20.6. The molecule has 6 aromatic rings. The standard InChI is InChI=1S/C30H21ClNO2P/c1-19-13-14-22-9-6-12-25(31)30(22)32(19)35-33-26-17-15-20-7-2-4-10-23(20)28(26)29-24-11-5-3-8-21(24)16-18-27(29)34-35/h2-19H,1H3/t19-/m1/s1. The van der Waals surface area contributed by atoms with Gasteiger partial charge in [-0.1, -0.05) is 96.5 Å². The van der Waals surface area contributed by atoms with Gasteiger partial charge in [-0.2, -0.15) is 0 Å². The van der Waals surface area contributed by atoms with Crippen LogP contribution in [0.3, 0.4) is 0 Å². The van der Waals surface area contributed by atoms with Crippen molar-refractivity contribution >= 4 is 75.0 Å². The van der Waals surface area contributed by atoms with Crippen molar-refractivity contribution in [2.45, 2.75) is 13.0 Å². The molecule has 1 atom stereocenters. The third-order valence-electron chi connectivity index (χ3n) is 6.75. The van der Waals surface area contributed by atoms with Gasteiger partial charge in [0.2, 0.25) is 0 Å². The fourth-order valence-corrected chi connectivity index (χ4v) is 7.06. The molecule has 170 valence electrons. The lowest BCUT2D eigenvalue weighted by Gasteiger charge is -2.30. The molecule has 5 aromatic carbocycles. The van der Waals surface area contributed by atoms with Gasteiger partial charge in [-0.15, -0.1) is 0 Å². The van der Waals surface area contributed by atoms with Crippen LogP contribution in [0.2, 0.25) is 5.02 Å². The van der Waals surface area contributed by atoms with Crippen LogP contribution in [0.5, 0.6) is 0 Å². The molecule has 0 amide bonds. The molecule has 1 aromatic heterocycles. The SMILES string of the molecule is C[C@@H]1C=Cc2cccc(Cl)c2N1p1oc2ccc3ccccc3c2c2c(ccc3ccccc32)o1. The first-order chi connectivity index (χ1) is 17.2. The first kappa shape index (κ1) is 20.7. The van der Waals surface area contributed by atoms with Crippen molar-refractivity contribution in [3.05, 3.63) is 108 Å². The summed E-state index contributed by atoms with van der Waals surface area (Å²) >= 11 is 6.74. The maximum atomic E-state index is 6.79. The summed E-state index contributed by atoms with van der Waals surface area (Å²) in [7, 11) is -1.55. The highest BCUT2D eigenvalue weighted by Gasteiger charge is 2.27. The lowest BCUT2D eigenvalue weighted by Crippen LogP contribution is -2.26. The lowest BCUT2D eigenvalue weighted by molar-refractivity contribution is 0.627. The smallest absolute Gasteiger partial charge is 0.342 e. The van der Waals surface area contributed by atoms with Gasteiger partial charge < -0.3 is 8.39 Å². The van der Waals surface area contributed by atoms with Crippen LogP contribution in [0, 0.1) is 0 Å². The fraction of sp³-hybridized carbons (Fsp3) is 0.0667. The Kier molecular flexibility index (Phi) is 4.70. The van der Waals surface area contributed by atoms with E-state index in [1.54, 1.807) is 0 Å². The number of rotatable bonds is 1. The van der Waals surface area contributed by atoms with Crippen molar-refractivity contribution in [1.29, 1.82) is 0 Å². The minimum Gasteiger partial charge on any atom is -0.404 e. The summed E-state index contributed by atoms with van der Waals surface area (Å²) in [4.78, 5) is 0. The zero-order valence-electron chi connectivity index (χ0n) is 19.0. The van der Waals surface area contributed by atoms with Crippen LogP contribution in [-0.4, -0.2) is 6.04 Å². The molecule has 3 nitrogen and oxygen atoms in total. The molecule has 2 heterocycles.